The van der Waals surface area contributed by atoms with E-state index in [0.29, 0.717) is 6.04 Å². The van der Waals surface area contributed by atoms with Crippen LogP contribution in [-0.2, 0) is 0 Å². The molecule has 1 aromatic rings. The number of aryl methyl sites for hydroxylation is 1. The van der Waals surface area contributed by atoms with E-state index in [4.69, 9.17) is 5.73 Å². The van der Waals surface area contributed by atoms with Gasteiger partial charge in [0.25, 0.3) is 0 Å². The Hall–Kier alpha value is -0.900. The van der Waals surface area contributed by atoms with Gasteiger partial charge in [0.05, 0.1) is 0 Å². The van der Waals surface area contributed by atoms with Gasteiger partial charge >= 0.3 is 0 Å². The molecule has 2 N–H and O–H groups in total. The molecule has 2 unspecified atom stereocenters. The van der Waals surface area contributed by atoms with Crippen LogP contribution in [0.15, 0.2) is 24.3 Å². The van der Waals surface area contributed by atoms with Crippen LogP contribution in [-0.4, -0.2) is 49.1 Å². The van der Waals surface area contributed by atoms with Crippen LogP contribution < -0.4 is 5.73 Å². The maximum absolute atomic E-state index is 6.47. The quantitative estimate of drug-likeness (QED) is 0.916. The first-order valence-electron chi connectivity index (χ1n) is 7.85. The highest BCUT2D eigenvalue weighted by Gasteiger charge is 2.24. The van der Waals surface area contributed by atoms with Gasteiger partial charge in [-0.15, -0.1) is 0 Å². The summed E-state index contributed by atoms with van der Waals surface area (Å²) >= 11 is 0. The molecule has 3 nitrogen and oxygen atoms in total. The lowest BCUT2D eigenvalue weighted by atomic mass is 10.0. The lowest BCUT2D eigenvalue weighted by Gasteiger charge is -2.32. The molecule has 1 aliphatic heterocycles. The van der Waals surface area contributed by atoms with Crippen LogP contribution in [0.3, 0.4) is 0 Å². The number of benzene rings is 1. The largest absolute Gasteiger partial charge is 0.323 e. The molecule has 0 saturated carbocycles. The Kier molecular flexibility index (Phi) is 5.58. The van der Waals surface area contributed by atoms with E-state index in [1.165, 1.54) is 37.1 Å². The fourth-order valence-electron chi connectivity index (χ4n) is 3.27. The Balaban J connectivity index is 2.05. The zero-order valence-corrected chi connectivity index (χ0v) is 13.2. The van der Waals surface area contributed by atoms with Crippen molar-refractivity contribution in [1.29, 1.82) is 0 Å². The number of nitrogens with zero attached hydrogens (tertiary/aromatic N) is 2. The third kappa shape index (κ3) is 3.81. The Morgan fingerprint density at radius 3 is 2.75 bits per heavy atom. The zero-order chi connectivity index (χ0) is 14.5. The van der Waals surface area contributed by atoms with E-state index >= 15 is 0 Å². The normalized spacial score (nSPS) is 23.5. The summed E-state index contributed by atoms with van der Waals surface area (Å²) in [7, 11) is 2.23. The minimum absolute atomic E-state index is 0.119. The van der Waals surface area contributed by atoms with E-state index < -0.39 is 0 Å². The predicted octanol–water partition coefficient (Wildman–Crippen LogP) is 2.41. The highest BCUT2D eigenvalue weighted by molar-refractivity contribution is 5.28. The van der Waals surface area contributed by atoms with Crippen molar-refractivity contribution in [2.75, 3.05) is 33.2 Å². The summed E-state index contributed by atoms with van der Waals surface area (Å²) in [5, 5.41) is 0. The van der Waals surface area contributed by atoms with Gasteiger partial charge in [-0.25, -0.2) is 0 Å². The molecule has 1 saturated heterocycles. The van der Waals surface area contributed by atoms with Crippen molar-refractivity contribution >= 4 is 0 Å². The molecule has 112 valence electrons. The molecule has 0 aliphatic carbocycles. The van der Waals surface area contributed by atoms with Crippen molar-refractivity contribution in [2.24, 2.45) is 5.73 Å². The summed E-state index contributed by atoms with van der Waals surface area (Å²) in [5.74, 6) is 0. The Bertz CT molecular complexity index is 418. The number of hydrogen-bond acceptors (Lipinski definition) is 3. The summed E-state index contributed by atoms with van der Waals surface area (Å²) in [5.41, 5.74) is 9.07. The molecule has 0 amide bonds. The van der Waals surface area contributed by atoms with E-state index in [9.17, 15) is 0 Å². The molecule has 0 radical (unpaired) electrons. The molecule has 1 aromatic carbocycles. The Labute approximate surface area is 123 Å². The minimum Gasteiger partial charge on any atom is -0.323 e. The van der Waals surface area contributed by atoms with Crippen LogP contribution in [0.2, 0.25) is 0 Å². The monoisotopic (exact) mass is 275 g/mol. The summed E-state index contributed by atoms with van der Waals surface area (Å²) in [4.78, 5) is 5.05. The average Bonchev–Trinajstić information content (AvgIpc) is 2.61. The molecule has 1 fully saturated rings. The third-order valence-electron chi connectivity index (χ3n) is 4.51. The lowest BCUT2D eigenvalue weighted by Crippen LogP contribution is -2.43. The van der Waals surface area contributed by atoms with Crippen molar-refractivity contribution in [1.82, 2.24) is 9.80 Å². The molecular formula is C17H29N3. The van der Waals surface area contributed by atoms with Crippen molar-refractivity contribution in [3.05, 3.63) is 35.4 Å². The summed E-state index contributed by atoms with van der Waals surface area (Å²) < 4.78 is 0. The number of hydrogen-bond donors (Lipinski definition) is 1. The van der Waals surface area contributed by atoms with Crippen LogP contribution in [0.1, 0.15) is 36.9 Å². The number of likely N-dealkylation sites (N-methyl/N-ethyl adjacent to an activating group) is 1. The van der Waals surface area contributed by atoms with Crippen molar-refractivity contribution in [3.8, 4) is 0 Å². The van der Waals surface area contributed by atoms with E-state index in [1.54, 1.807) is 0 Å². The minimum atomic E-state index is 0.119. The lowest BCUT2D eigenvalue weighted by molar-refractivity contribution is 0.174. The van der Waals surface area contributed by atoms with E-state index in [1.807, 2.05) is 0 Å². The molecule has 2 rings (SSSR count). The molecule has 0 aromatic heterocycles. The third-order valence-corrected chi connectivity index (χ3v) is 4.51. The summed E-state index contributed by atoms with van der Waals surface area (Å²) in [6.45, 7) is 8.95. The van der Waals surface area contributed by atoms with Crippen LogP contribution >= 0.6 is 0 Å². The molecule has 1 aliphatic rings. The van der Waals surface area contributed by atoms with Gasteiger partial charge in [-0.1, -0.05) is 31.2 Å². The maximum Gasteiger partial charge on any atom is 0.0427 e. The molecule has 20 heavy (non-hydrogen) atoms. The maximum atomic E-state index is 6.47. The van der Waals surface area contributed by atoms with Crippen LogP contribution in [0.5, 0.6) is 0 Å². The first kappa shape index (κ1) is 15.5. The van der Waals surface area contributed by atoms with Crippen LogP contribution in [0.4, 0.5) is 0 Å². The van der Waals surface area contributed by atoms with Gasteiger partial charge in [-0.3, -0.25) is 4.90 Å². The van der Waals surface area contributed by atoms with Crippen LogP contribution in [0, 0.1) is 6.92 Å². The van der Waals surface area contributed by atoms with Gasteiger partial charge in [0, 0.05) is 25.2 Å². The van der Waals surface area contributed by atoms with Gasteiger partial charge in [0.1, 0.15) is 0 Å². The van der Waals surface area contributed by atoms with E-state index in [-0.39, 0.29) is 6.04 Å². The fourth-order valence-corrected chi connectivity index (χ4v) is 3.27. The van der Waals surface area contributed by atoms with E-state index in [2.05, 4.69) is 55.0 Å². The second-order valence-electron chi connectivity index (χ2n) is 6.14. The standard InChI is InChI=1S/C17H29N3/c1-4-15-12-19(3)10-7-11-20(15)13-17(18)16-9-6-5-8-14(16)2/h5-6,8-9,15,17H,4,7,10-13,18H2,1-3H3. The Morgan fingerprint density at radius 2 is 2.05 bits per heavy atom. The fraction of sp³-hybridized carbons (Fsp3) is 0.647. The smallest absolute Gasteiger partial charge is 0.0427 e. The summed E-state index contributed by atoms with van der Waals surface area (Å²) in [6.07, 6.45) is 2.44. The van der Waals surface area contributed by atoms with Crippen molar-refractivity contribution in [2.45, 2.75) is 38.8 Å². The van der Waals surface area contributed by atoms with Crippen molar-refractivity contribution in [3.63, 3.8) is 0 Å². The van der Waals surface area contributed by atoms with Gasteiger partial charge in [0.15, 0.2) is 0 Å². The van der Waals surface area contributed by atoms with Crippen LogP contribution in [0.25, 0.3) is 0 Å². The van der Waals surface area contributed by atoms with E-state index in [0.717, 1.165) is 13.1 Å². The second kappa shape index (κ2) is 7.21. The number of rotatable bonds is 4. The topological polar surface area (TPSA) is 32.5 Å². The highest BCUT2D eigenvalue weighted by Crippen LogP contribution is 2.19. The van der Waals surface area contributed by atoms with Gasteiger partial charge in [-0.2, -0.15) is 0 Å². The second-order valence-corrected chi connectivity index (χ2v) is 6.14. The first-order valence-corrected chi connectivity index (χ1v) is 7.85. The average molecular weight is 275 g/mol. The SMILES string of the molecule is CCC1CN(C)CCCN1CC(N)c1ccccc1C. The van der Waals surface area contributed by atoms with Gasteiger partial charge < -0.3 is 10.6 Å². The highest BCUT2D eigenvalue weighted by atomic mass is 15.2. The first-order chi connectivity index (χ1) is 9.61. The zero-order valence-electron chi connectivity index (χ0n) is 13.2. The molecular weight excluding hydrogens is 246 g/mol. The molecule has 2 atom stereocenters. The van der Waals surface area contributed by atoms with Gasteiger partial charge in [-0.05, 0) is 51.0 Å². The molecule has 0 bridgehead atoms. The molecule has 0 spiro atoms. The molecule has 3 heteroatoms. The predicted molar refractivity (Wildman–Crippen MR) is 85.9 cm³/mol. The number of nitrogens with two attached hydrogens (primary N) is 1. The van der Waals surface area contributed by atoms with Gasteiger partial charge in [0.2, 0.25) is 0 Å². The Morgan fingerprint density at radius 1 is 1.30 bits per heavy atom. The van der Waals surface area contributed by atoms with Crippen molar-refractivity contribution < 1.29 is 0 Å². The summed E-state index contributed by atoms with van der Waals surface area (Å²) in [6, 6.07) is 9.26. The molecule has 1 heterocycles.